The number of carbonyl (C=O) groups is 1. The Morgan fingerprint density at radius 2 is 2.04 bits per heavy atom. The van der Waals surface area contributed by atoms with E-state index in [0.29, 0.717) is 6.54 Å². The van der Waals surface area contributed by atoms with Crippen molar-refractivity contribution in [3.05, 3.63) is 72.2 Å². The molecule has 0 fully saturated rings. The van der Waals surface area contributed by atoms with Gasteiger partial charge in [0, 0.05) is 31.1 Å². The summed E-state index contributed by atoms with van der Waals surface area (Å²) in [7, 11) is 1.73. The van der Waals surface area contributed by atoms with Crippen LogP contribution in [-0.2, 0) is 0 Å². The fourth-order valence-corrected chi connectivity index (χ4v) is 3.53. The molecule has 3 aromatic rings. The van der Waals surface area contributed by atoms with Gasteiger partial charge in [0.25, 0.3) is 0 Å². The highest BCUT2D eigenvalue weighted by atomic mass is 16.2. The number of nitrogens with zero attached hydrogens (tertiary/aromatic N) is 3. The van der Waals surface area contributed by atoms with Gasteiger partial charge in [0.2, 0.25) is 0 Å². The molecule has 0 bridgehead atoms. The van der Waals surface area contributed by atoms with E-state index >= 15 is 0 Å². The van der Waals surface area contributed by atoms with Crippen LogP contribution in [0.25, 0.3) is 11.3 Å². The lowest BCUT2D eigenvalue weighted by molar-refractivity contribution is 0.251. The quantitative estimate of drug-likeness (QED) is 0.682. The zero-order valence-electron chi connectivity index (χ0n) is 15.1. The van der Waals surface area contributed by atoms with Gasteiger partial charge < -0.3 is 15.2 Å². The zero-order chi connectivity index (χ0) is 18.6. The summed E-state index contributed by atoms with van der Waals surface area (Å²) >= 11 is 0. The van der Waals surface area contributed by atoms with Crippen molar-refractivity contribution in [2.45, 2.75) is 12.5 Å². The van der Waals surface area contributed by atoms with E-state index in [-0.39, 0.29) is 12.1 Å². The average molecular weight is 359 g/mol. The third-order valence-electron chi connectivity index (χ3n) is 4.75. The summed E-state index contributed by atoms with van der Waals surface area (Å²) < 4.78 is 2.18. The van der Waals surface area contributed by atoms with Gasteiger partial charge in [-0.25, -0.2) is 9.78 Å². The van der Waals surface area contributed by atoms with E-state index in [2.05, 4.69) is 43.4 Å². The number of imidazole rings is 1. The monoisotopic (exact) mass is 359 g/mol. The van der Waals surface area contributed by atoms with Gasteiger partial charge in [-0.05, 0) is 29.7 Å². The van der Waals surface area contributed by atoms with Crippen LogP contribution in [-0.4, -0.2) is 35.4 Å². The van der Waals surface area contributed by atoms with Crippen LogP contribution in [0.15, 0.2) is 66.0 Å². The van der Waals surface area contributed by atoms with Crippen molar-refractivity contribution in [1.29, 1.82) is 0 Å². The molecule has 0 radical (unpaired) electrons. The first-order valence-electron chi connectivity index (χ1n) is 8.94. The molecule has 4 rings (SSSR count). The number of anilines is 1. The van der Waals surface area contributed by atoms with E-state index in [1.807, 2.05) is 42.9 Å². The molecule has 136 valence electrons. The van der Waals surface area contributed by atoms with E-state index in [1.54, 1.807) is 13.3 Å². The van der Waals surface area contributed by atoms with Crippen LogP contribution < -0.4 is 10.6 Å². The van der Waals surface area contributed by atoms with Gasteiger partial charge in [0.15, 0.2) is 0 Å². The molecule has 1 atom stereocenters. The van der Waals surface area contributed by atoms with Crippen LogP contribution in [0.2, 0.25) is 0 Å². The SMILES string of the molecule is CN=Cc1ccc(NC(=O)NCCC2c3ccccc3-c3cncn32)cc1. The molecule has 2 N–H and O–H groups in total. The molecule has 1 aromatic heterocycles. The minimum absolute atomic E-state index is 0.201. The Kier molecular flexibility index (Phi) is 4.70. The highest BCUT2D eigenvalue weighted by molar-refractivity contribution is 5.90. The molecule has 1 aliphatic heterocycles. The van der Waals surface area contributed by atoms with Crippen LogP contribution in [0, 0.1) is 0 Å². The molecule has 0 saturated heterocycles. The number of rotatable bonds is 5. The van der Waals surface area contributed by atoms with Gasteiger partial charge in [-0.15, -0.1) is 0 Å². The Morgan fingerprint density at radius 1 is 1.22 bits per heavy atom. The highest BCUT2D eigenvalue weighted by Crippen LogP contribution is 2.40. The summed E-state index contributed by atoms with van der Waals surface area (Å²) in [5.74, 6) is 0. The second kappa shape index (κ2) is 7.45. The number of hydrogen-bond donors (Lipinski definition) is 2. The first-order chi connectivity index (χ1) is 13.3. The van der Waals surface area contributed by atoms with Gasteiger partial charge in [0.05, 0.1) is 24.3 Å². The standard InChI is InChI=1S/C21H21N5O/c1-22-12-15-6-8-16(9-7-15)25-21(27)24-11-10-19-17-4-2-3-5-18(17)20-13-23-14-26(19)20/h2-9,12-14,19H,10-11H2,1H3,(H2,24,25,27). The van der Waals surface area contributed by atoms with Gasteiger partial charge in [0.1, 0.15) is 0 Å². The third-order valence-corrected chi connectivity index (χ3v) is 4.75. The lowest BCUT2D eigenvalue weighted by Gasteiger charge is -2.15. The summed E-state index contributed by atoms with van der Waals surface area (Å²) in [6.45, 7) is 0.572. The first-order valence-corrected chi connectivity index (χ1v) is 8.94. The smallest absolute Gasteiger partial charge is 0.319 e. The van der Waals surface area contributed by atoms with Gasteiger partial charge in [-0.3, -0.25) is 4.99 Å². The fourth-order valence-electron chi connectivity index (χ4n) is 3.53. The molecule has 6 heteroatoms. The molecule has 2 amide bonds. The number of fused-ring (bicyclic) bond motifs is 3. The highest BCUT2D eigenvalue weighted by Gasteiger charge is 2.27. The molecular formula is C21H21N5O. The molecule has 2 heterocycles. The summed E-state index contributed by atoms with van der Waals surface area (Å²) in [6, 6.07) is 15.9. The van der Waals surface area contributed by atoms with Crippen molar-refractivity contribution < 1.29 is 4.79 Å². The Labute approximate surface area is 158 Å². The third kappa shape index (κ3) is 3.46. The Morgan fingerprint density at radius 3 is 2.85 bits per heavy atom. The van der Waals surface area contributed by atoms with Crippen molar-refractivity contribution in [3.8, 4) is 11.3 Å². The van der Waals surface area contributed by atoms with Crippen molar-refractivity contribution in [3.63, 3.8) is 0 Å². The maximum atomic E-state index is 12.2. The number of aliphatic imine (C=N–C) groups is 1. The Balaban J connectivity index is 1.34. The largest absolute Gasteiger partial charge is 0.338 e. The average Bonchev–Trinajstić information content (AvgIpc) is 3.26. The molecule has 1 unspecified atom stereocenters. The Hall–Kier alpha value is -3.41. The number of hydrogen-bond acceptors (Lipinski definition) is 3. The molecule has 6 nitrogen and oxygen atoms in total. The van der Waals surface area contributed by atoms with Gasteiger partial charge >= 0.3 is 6.03 Å². The maximum Gasteiger partial charge on any atom is 0.319 e. The number of urea groups is 1. The van der Waals surface area contributed by atoms with Crippen LogP contribution in [0.3, 0.4) is 0 Å². The van der Waals surface area contributed by atoms with Crippen molar-refractivity contribution >= 4 is 17.9 Å². The topological polar surface area (TPSA) is 71.3 Å². The normalized spacial score (nSPS) is 14.8. The molecule has 27 heavy (non-hydrogen) atoms. The number of aromatic nitrogens is 2. The van der Waals surface area contributed by atoms with E-state index in [0.717, 1.165) is 23.4 Å². The molecule has 2 aromatic carbocycles. The number of carbonyl (C=O) groups excluding carboxylic acids is 1. The molecule has 0 aliphatic carbocycles. The van der Waals surface area contributed by atoms with Crippen LogP contribution in [0.1, 0.15) is 23.6 Å². The minimum atomic E-state index is -0.205. The van der Waals surface area contributed by atoms with Gasteiger partial charge in [-0.1, -0.05) is 36.4 Å². The van der Waals surface area contributed by atoms with E-state index in [9.17, 15) is 4.79 Å². The minimum Gasteiger partial charge on any atom is -0.338 e. The molecule has 1 aliphatic rings. The Bertz CT molecular complexity index is 974. The number of amides is 2. The lowest BCUT2D eigenvalue weighted by atomic mass is 10.0. The number of nitrogens with one attached hydrogen (secondary N) is 2. The molecule has 0 spiro atoms. The van der Waals surface area contributed by atoms with E-state index < -0.39 is 0 Å². The number of benzene rings is 2. The summed E-state index contributed by atoms with van der Waals surface area (Å²) in [5.41, 5.74) is 5.39. The maximum absolute atomic E-state index is 12.2. The first kappa shape index (κ1) is 17.0. The predicted molar refractivity (Wildman–Crippen MR) is 107 cm³/mol. The summed E-state index contributed by atoms with van der Waals surface area (Å²) in [5, 5.41) is 5.80. The summed E-state index contributed by atoms with van der Waals surface area (Å²) in [4.78, 5) is 20.4. The van der Waals surface area contributed by atoms with E-state index in [4.69, 9.17) is 0 Å². The van der Waals surface area contributed by atoms with Crippen molar-refractivity contribution in [2.24, 2.45) is 4.99 Å². The predicted octanol–water partition coefficient (Wildman–Crippen LogP) is 3.71. The summed E-state index contributed by atoms with van der Waals surface area (Å²) in [6.07, 6.45) is 6.33. The van der Waals surface area contributed by atoms with Crippen molar-refractivity contribution in [1.82, 2.24) is 14.9 Å². The molecule has 0 saturated carbocycles. The van der Waals surface area contributed by atoms with E-state index in [1.165, 1.54) is 11.1 Å². The fraction of sp³-hybridized carbons (Fsp3) is 0.190. The van der Waals surface area contributed by atoms with Crippen LogP contribution >= 0.6 is 0 Å². The van der Waals surface area contributed by atoms with Crippen LogP contribution in [0.4, 0.5) is 10.5 Å². The second-order valence-electron chi connectivity index (χ2n) is 6.47. The second-order valence-corrected chi connectivity index (χ2v) is 6.47. The van der Waals surface area contributed by atoms with Crippen LogP contribution in [0.5, 0.6) is 0 Å². The molecular weight excluding hydrogens is 338 g/mol. The zero-order valence-corrected chi connectivity index (χ0v) is 15.1. The van der Waals surface area contributed by atoms with Gasteiger partial charge in [-0.2, -0.15) is 0 Å². The van der Waals surface area contributed by atoms with Crippen molar-refractivity contribution in [2.75, 3.05) is 18.9 Å². The lowest BCUT2D eigenvalue weighted by Crippen LogP contribution is -2.30.